The van der Waals surface area contributed by atoms with Crippen molar-refractivity contribution in [3.63, 3.8) is 0 Å². The molecule has 0 bridgehead atoms. The number of methoxy groups -OCH3 is 1. The number of nitrogens with one attached hydrogen (secondary N) is 2. The third-order valence-corrected chi connectivity index (χ3v) is 2.74. The molecule has 0 spiro atoms. The number of ether oxygens (including phenoxy) is 1. The fraction of sp³-hybridized carbons (Fsp3) is 0.231. The minimum Gasteiger partial charge on any atom is -0.494 e. The smallest absolute Gasteiger partial charge is 0.145 e. The zero-order valence-electron chi connectivity index (χ0n) is 11.0. The van der Waals surface area contributed by atoms with Crippen LogP contribution >= 0.6 is 0 Å². The Morgan fingerprint density at radius 2 is 1.95 bits per heavy atom. The summed E-state index contributed by atoms with van der Waals surface area (Å²) < 4.78 is 18.3. The third-order valence-electron chi connectivity index (χ3n) is 2.74. The van der Waals surface area contributed by atoms with Gasteiger partial charge in [0.25, 0.3) is 0 Å². The Labute approximate surface area is 110 Å². The molecular weight excluding hydrogens is 247 g/mol. The third kappa shape index (κ3) is 2.73. The van der Waals surface area contributed by atoms with Gasteiger partial charge >= 0.3 is 0 Å². The number of aromatic nitrogens is 2. The molecule has 0 aliphatic carbocycles. The van der Waals surface area contributed by atoms with Crippen molar-refractivity contribution >= 4 is 17.3 Å². The molecule has 2 N–H and O–H groups in total. The Bertz CT molecular complexity index is 589. The molecule has 0 saturated heterocycles. The van der Waals surface area contributed by atoms with E-state index in [1.165, 1.54) is 25.6 Å². The molecule has 0 atom stereocenters. The van der Waals surface area contributed by atoms with Crippen LogP contribution in [0.2, 0.25) is 0 Å². The molecule has 0 aliphatic rings. The molecule has 0 unspecified atom stereocenters. The lowest BCUT2D eigenvalue weighted by molar-refractivity contribution is 0.413. The highest BCUT2D eigenvalue weighted by Gasteiger charge is 2.09. The summed E-state index contributed by atoms with van der Waals surface area (Å²) >= 11 is 0. The fourth-order valence-corrected chi connectivity index (χ4v) is 1.72. The second-order valence-electron chi connectivity index (χ2n) is 3.92. The number of anilines is 3. The zero-order valence-corrected chi connectivity index (χ0v) is 11.0. The predicted octanol–water partition coefficient (Wildman–Crippen LogP) is 2.72. The first-order valence-electron chi connectivity index (χ1n) is 5.75. The van der Waals surface area contributed by atoms with Crippen molar-refractivity contribution in [2.45, 2.75) is 6.92 Å². The van der Waals surface area contributed by atoms with Crippen LogP contribution in [0.5, 0.6) is 5.75 Å². The van der Waals surface area contributed by atoms with Gasteiger partial charge in [-0.3, -0.25) is 0 Å². The van der Waals surface area contributed by atoms with E-state index in [2.05, 4.69) is 20.6 Å². The van der Waals surface area contributed by atoms with Gasteiger partial charge in [-0.05, 0) is 19.1 Å². The second-order valence-corrected chi connectivity index (χ2v) is 3.92. The molecule has 5 nitrogen and oxygen atoms in total. The van der Waals surface area contributed by atoms with Crippen molar-refractivity contribution in [1.82, 2.24) is 9.97 Å². The van der Waals surface area contributed by atoms with Gasteiger partial charge in [0.15, 0.2) is 0 Å². The van der Waals surface area contributed by atoms with Crippen LogP contribution in [0.25, 0.3) is 0 Å². The first-order valence-corrected chi connectivity index (χ1v) is 5.75. The summed E-state index contributed by atoms with van der Waals surface area (Å²) in [7, 11) is 3.28. The SMILES string of the molecule is CNc1ncnc(Nc2ccc(F)cc2OC)c1C. The maximum absolute atomic E-state index is 13.1. The maximum atomic E-state index is 13.1. The largest absolute Gasteiger partial charge is 0.494 e. The summed E-state index contributed by atoms with van der Waals surface area (Å²) in [5.41, 5.74) is 1.52. The van der Waals surface area contributed by atoms with Crippen molar-refractivity contribution in [2.75, 3.05) is 24.8 Å². The molecule has 0 fully saturated rings. The van der Waals surface area contributed by atoms with Gasteiger partial charge in [0.2, 0.25) is 0 Å². The van der Waals surface area contributed by atoms with Gasteiger partial charge in [-0.15, -0.1) is 0 Å². The van der Waals surface area contributed by atoms with Crippen LogP contribution in [0.4, 0.5) is 21.7 Å². The van der Waals surface area contributed by atoms with Gasteiger partial charge in [0.05, 0.1) is 12.8 Å². The summed E-state index contributed by atoms with van der Waals surface area (Å²) in [5.74, 6) is 1.45. The van der Waals surface area contributed by atoms with Crippen molar-refractivity contribution in [2.24, 2.45) is 0 Å². The first kappa shape index (κ1) is 13.1. The highest BCUT2D eigenvalue weighted by Crippen LogP contribution is 2.29. The van der Waals surface area contributed by atoms with Crippen LogP contribution < -0.4 is 15.4 Å². The van der Waals surface area contributed by atoms with Gasteiger partial charge in [-0.1, -0.05) is 0 Å². The number of halogens is 1. The van der Waals surface area contributed by atoms with E-state index in [0.717, 1.165) is 11.4 Å². The molecular formula is C13H15FN4O. The second kappa shape index (κ2) is 5.51. The highest BCUT2D eigenvalue weighted by atomic mass is 19.1. The predicted molar refractivity (Wildman–Crippen MR) is 72.6 cm³/mol. The van der Waals surface area contributed by atoms with Crippen molar-refractivity contribution in [3.05, 3.63) is 35.9 Å². The average molecular weight is 262 g/mol. The van der Waals surface area contributed by atoms with Gasteiger partial charge in [0, 0.05) is 18.7 Å². The molecule has 6 heteroatoms. The zero-order chi connectivity index (χ0) is 13.8. The molecule has 0 aliphatic heterocycles. The lowest BCUT2D eigenvalue weighted by Crippen LogP contribution is -2.03. The van der Waals surface area contributed by atoms with Gasteiger partial charge < -0.3 is 15.4 Å². The Balaban J connectivity index is 2.36. The number of benzene rings is 1. The summed E-state index contributed by atoms with van der Waals surface area (Å²) in [6.45, 7) is 1.89. The Morgan fingerprint density at radius 3 is 2.63 bits per heavy atom. The van der Waals surface area contributed by atoms with Crippen molar-refractivity contribution in [1.29, 1.82) is 0 Å². The number of nitrogens with zero attached hydrogens (tertiary/aromatic N) is 2. The molecule has 0 radical (unpaired) electrons. The Kier molecular flexibility index (Phi) is 3.79. The van der Waals surface area contributed by atoms with E-state index < -0.39 is 0 Å². The van der Waals surface area contributed by atoms with E-state index in [-0.39, 0.29) is 5.82 Å². The topological polar surface area (TPSA) is 59.1 Å². The molecule has 19 heavy (non-hydrogen) atoms. The minimum absolute atomic E-state index is 0.349. The fourth-order valence-electron chi connectivity index (χ4n) is 1.72. The molecule has 0 saturated carbocycles. The molecule has 0 amide bonds. The van der Waals surface area contributed by atoms with E-state index in [1.54, 1.807) is 13.1 Å². The average Bonchev–Trinajstić information content (AvgIpc) is 2.42. The molecule has 1 heterocycles. The number of hydrogen-bond donors (Lipinski definition) is 2. The monoisotopic (exact) mass is 262 g/mol. The van der Waals surface area contributed by atoms with Crippen molar-refractivity contribution in [3.8, 4) is 5.75 Å². The normalized spacial score (nSPS) is 10.1. The molecule has 100 valence electrons. The summed E-state index contributed by atoms with van der Waals surface area (Å²) in [4.78, 5) is 8.27. The van der Waals surface area contributed by atoms with E-state index in [9.17, 15) is 4.39 Å². The van der Waals surface area contributed by atoms with Crippen LogP contribution in [0.1, 0.15) is 5.56 Å². The van der Waals surface area contributed by atoms with E-state index in [4.69, 9.17) is 4.74 Å². The standard InChI is InChI=1S/C13H15FN4O/c1-8-12(15-2)16-7-17-13(8)18-10-5-4-9(14)6-11(10)19-3/h4-7H,1-3H3,(H2,15,16,17,18). The van der Waals surface area contributed by atoms with Gasteiger partial charge in [0.1, 0.15) is 29.5 Å². The van der Waals surface area contributed by atoms with Crippen molar-refractivity contribution < 1.29 is 9.13 Å². The van der Waals surface area contributed by atoms with Gasteiger partial charge in [-0.2, -0.15) is 0 Å². The summed E-state index contributed by atoms with van der Waals surface area (Å²) in [6.07, 6.45) is 1.46. The Morgan fingerprint density at radius 1 is 1.21 bits per heavy atom. The van der Waals surface area contributed by atoms with Crippen LogP contribution in [0, 0.1) is 12.7 Å². The molecule has 1 aromatic carbocycles. The van der Waals surface area contributed by atoms with E-state index in [0.29, 0.717) is 17.3 Å². The maximum Gasteiger partial charge on any atom is 0.145 e. The lowest BCUT2D eigenvalue weighted by atomic mass is 10.2. The summed E-state index contributed by atoms with van der Waals surface area (Å²) in [6, 6.07) is 4.28. The van der Waals surface area contributed by atoms with E-state index >= 15 is 0 Å². The Hall–Kier alpha value is -2.37. The molecule has 2 aromatic rings. The van der Waals surface area contributed by atoms with E-state index in [1.807, 2.05) is 6.92 Å². The molecule has 1 aromatic heterocycles. The van der Waals surface area contributed by atoms with Crippen LogP contribution in [0.15, 0.2) is 24.5 Å². The number of hydrogen-bond acceptors (Lipinski definition) is 5. The lowest BCUT2D eigenvalue weighted by Gasteiger charge is -2.13. The van der Waals surface area contributed by atoms with Crippen LogP contribution in [-0.4, -0.2) is 24.1 Å². The highest BCUT2D eigenvalue weighted by molar-refractivity contribution is 5.68. The van der Waals surface area contributed by atoms with Crippen LogP contribution in [-0.2, 0) is 0 Å². The quantitative estimate of drug-likeness (QED) is 0.887. The number of rotatable bonds is 4. The summed E-state index contributed by atoms with van der Waals surface area (Å²) in [5, 5.41) is 6.09. The first-order chi connectivity index (χ1) is 9.15. The van der Waals surface area contributed by atoms with Gasteiger partial charge in [-0.25, -0.2) is 14.4 Å². The van der Waals surface area contributed by atoms with Crippen LogP contribution in [0.3, 0.4) is 0 Å². The molecule has 2 rings (SSSR count). The minimum atomic E-state index is -0.349.